The van der Waals surface area contributed by atoms with Gasteiger partial charge in [0, 0.05) is 11.7 Å². The summed E-state index contributed by atoms with van der Waals surface area (Å²) in [6.45, 7) is 6.52. The Balaban J connectivity index is 1.95. The summed E-state index contributed by atoms with van der Waals surface area (Å²) in [5.41, 5.74) is 3.61. The highest BCUT2D eigenvalue weighted by Gasteiger charge is 2.21. The molecule has 0 saturated heterocycles. The van der Waals surface area contributed by atoms with E-state index in [0.29, 0.717) is 6.04 Å². The van der Waals surface area contributed by atoms with Crippen LogP contribution >= 0.6 is 12.2 Å². The molecule has 2 nitrogen and oxygen atoms in total. The van der Waals surface area contributed by atoms with Crippen LogP contribution in [0.5, 0.6) is 0 Å². The molecule has 1 fully saturated rings. The number of nitrogens with one attached hydrogen (secondary N) is 2. The summed E-state index contributed by atoms with van der Waals surface area (Å²) in [5.74, 6) is 0.825. The molecular formula is C15H22N2S. The van der Waals surface area contributed by atoms with Gasteiger partial charge in [0.2, 0.25) is 0 Å². The second-order valence-corrected chi connectivity index (χ2v) is 5.89. The summed E-state index contributed by atoms with van der Waals surface area (Å²) < 4.78 is 0. The van der Waals surface area contributed by atoms with Gasteiger partial charge < -0.3 is 10.6 Å². The average Bonchev–Trinajstić information content (AvgIpc) is 2.69. The molecule has 2 rings (SSSR count). The Bertz CT molecular complexity index is 422. The predicted molar refractivity (Wildman–Crippen MR) is 82.1 cm³/mol. The molecule has 0 aromatic heterocycles. The maximum atomic E-state index is 5.41. The van der Waals surface area contributed by atoms with Crippen LogP contribution in [-0.4, -0.2) is 11.2 Å². The van der Waals surface area contributed by atoms with Crippen molar-refractivity contribution in [3.8, 4) is 0 Å². The van der Waals surface area contributed by atoms with E-state index in [1.165, 1.54) is 30.4 Å². The number of benzene rings is 1. The lowest BCUT2D eigenvalue weighted by Gasteiger charge is -2.18. The lowest BCUT2D eigenvalue weighted by Crippen LogP contribution is -2.36. The molecule has 0 aliphatic heterocycles. The minimum absolute atomic E-state index is 0.546. The zero-order valence-electron chi connectivity index (χ0n) is 11.4. The van der Waals surface area contributed by atoms with Crippen LogP contribution in [0.3, 0.4) is 0 Å². The van der Waals surface area contributed by atoms with Crippen LogP contribution in [0.15, 0.2) is 18.2 Å². The van der Waals surface area contributed by atoms with Gasteiger partial charge in [-0.1, -0.05) is 25.1 Å². The maximum Gasteiger partial charge on any atom is 0.171 e. The van der Waals surface area contributed by atoms with Crippen LogP contribution in [0.1, 0.15) is 37.3 Å². The van der Waals surface area contributed by atoms with Gasteiger partial charge >= 0.3 is 0 Å². The highest BCUT2D eigenvalue weighted by atomic mass is 32.1. The summed E-state index contributed by atoms with van der Waals surface area (Å²) in [5, 5.41) is 7.53. The summed E-state index contributed by atoms with van der Waals surface area (Å²) in [6.07, 6.45) is 3.77. The molecule has 1 aromatic rings. The van der Waals surface area contributed by atoms with E-state index in [9.17, 15) is 0 Å². The molecule has 3 heteroatoms. The van der Waals surface area contributed by atoms with Crippen molar-refractivity contribution >= 4 is 23.0 Å². The first kappa shape index (κ1) is 13.3. The van der Waals surface area contributed by atoms with Crippen LogP contribution in [0, 0.1) is 19.8 Å². The highest BCUT2D eigenvalue weighted by Crippen LogP contribution is 2.25. The monoisotopic (exact) mass is 262 g/mol. The van der Waals surface area contributed by atoms with Gasteiger partial charge in [-0.25, -0.2) is 0 Å². The number of anilines is 1. The normalized spacial score (nSPS) is 22.8. The van der Waals surface area contributed by atoms with Crippen molar-refractivity contribution in [3.63, 3.8) is 0 Å². The van der Waals surface area contributed by atoms with Gasteiger partial charge in [0.1, 0.15) is 0 Å². The van der Waals surface area contributed by atoms with E-state index >= 15 is 0 Å². The van der Waals surface area contributed by atoms with Gasteiger partial charge in [0.05, 0.1) is 0 Å². The topological polar surface area (TPSA) is 24.1 Å². The van der Waals surface area contributed by atoms with Gasteiger partial charge in [-0.05, 0) is 62.4 Å². The smallest absolute Gasteiger partial charge is 0.171 e. The molecule has 2 atom stereocenters. The second-order valence-electron chi connectivity index (χ2n) is 5.48. The Morgan fingerprint density at radius 2 is 1.89 bits per heavy atom. The number of aryl methyl sites for hydroxylation is 2. The van der Waals surface area contributed by atoms with Crippen molar-refractivity contribution in [1.29, 1.82) is 0 Å². The van der Waals surface area contributed by atoms with Crippen LogP contribution in [0.2, 0.25) is 0 Å². The molecule has 2 unspecified atom stereocenters. The fourth-order valence-electron chi connectivity index (χ4n) is 2.68. The molecule has 0 bridgehead atoms. The minimum atomic E-state index is 0.546. The van der Waals surface area contributed by atoms with Gasteiger partial charge in [-0.3, -0.25) is 0 Å². The van der Waals surface area contributed by atoms with Crippen LogP contribution < -0.4 is 10.6 Å². The molecule has 0 radical (unpaired) electrons. The molecule has 1 aliphatic carbocycles. The van der Waals surface area contributed by atoms with Crippen molar-refractivity contribution in [3.05, 3.63) is 29.3 Å². The highest BCUT2D eigenvalue weighted by molar-refractivity contribution is 7.80. The Hall–Kier alpha value is -1.09. The lowest BCUT2D eigenvalue weighted by atomic mass is 10.1. The zero-order valence-corrected chi connectivity index (χ0v) is 12.2. The molecule has 0 amide bonds. The number of hydrogen-bond acceptors (Lipinski definition) is 1. The second kappa shape index (κ2) is 5.70. The molecule has 1 aliphatic rings. The van der Waals surface area contributed by atoms with Gasteiger partial charge in [-0.15, -0.1) is 0 Å². The van der Waals surface area contributed by atoms with Crippen molar-refractivity contribution < 1.29 is 0 Å². The van der Waals surface area contributed by atoms with E-state index in [1.54, 1.807) is 0 Å². The maximum absolute atomic E-state index is 5.41. The minimum Gasteiger partial charge on any atom is -0.360 e. The molecule has 1 saturated carbocycles. The molecule has 18 heavy (non-hydrogen) atoms. The quantitative estimate of drug-likeness (QED) is 0.793. The van der Waals surface area contributed by atoms with E-state index in [4.69, 9.17) is 12.2 Å². The van der Waals surface area contributed by atoms with Crippen LogP contribution in [-0.2, 0) is 0 Å². The third-order valence-electron chi connectivity index (χ3n) is 3.75. The van der Waals surface area contributed by atoms with Crippen molar-refractivity contribution in [1.82, 2.24) is 5.32 Å². The van der Waals surface area contributed by atoms with Crippen LogP contribution in [0.4, 0.5) is 5.69 Å². The molecule has 98 valence electrons. The number of hydrogen-bond donors (Lipinski definition) is 2. The largest absolute Gasteiger partial charge is 0.360 e. The van der Waals surface area contributed by atoms with Gasteiger partial charge in [0.25, 0.3) is 0 Å². The fraction of sp³-hybridized carbons (Fsp3) is 0.533. The summed E-state index contributed by atoms with van der Waals surface area (Å²) in [6, 6.07) is 6.83. The molecule has 2 N–H and O–H groups in total. The van der Waals surface area contributed by atoms with E-state index in [0.717, 1.165) is 16.7 Å². The Morgan fingerprint density at radius 3 is 2.44 bits per heavy atom. The lowest BCUT2D eigenvalue weighted by molar-refractivity contribution is 0.572. The van der Waals surface area contributed by atoms with Gasteiger partial charge in [-0.2, -0.15) is 0 Å². The summed E-state index contributed by atoms with van der Waals surface area (Å²) >= 11 is 5.41. The predicted octanol–water partition coefficient (Wildman–Crippen LogP) is 3.78. The van der Waals surface area contributed by atoms with E-state index in [1.807, 2.05) is 0 Å². The van der Waals surface area contributed by atoms with Gasteiger partial charge in [0.15, 0.2) is 5.11 Å². The Labute approximate surface area is 115 Å². The SMILES string of the molecule is Cc1cccc(C)c1NC(=S)NC1CCC(C)C1. The van der Waals surface area contributed by atoms with E-state index < -0.39 is 0 Å². The van der Waals surface area contributed by atoms with E-state index in [-0.39, 0.29) is 0 Å². The third kappa shape index (κ3) is 3.22. The number of para-hydroxylation sites is 1. The van der Waals surface area contributed by atoms with Crippen molar-refractivity contribution in [2.75, 3.05) is 5.32 Å². The third-order valence-corrected chi connectivity index (χ3v) is 3.97. The molecular weight excluding hydrogens is 240 g/mol. The van der Waals surface area contributed by atoms with E-state index in [2.05, 4.69) is 49.6 Å². The average molecular weight is 262 g/mol. The van der Waals surface area contributed by atoms with Crippen LogP contribution in [0.25, 0.3) is 0 Å². The zero-order chi connectivity index (χ0) is 13.1. The first-order valence-corrected chi connectivity index (χ1v) is 7.11. The Morgan fingerprint density at radius 1 is 1.22 bits per heavy atom. The molecule has 0 spiro atoms. The number of thiocarbonyl (C=S) groups is 1. The number of rotatable bonds is 2. The fourth-order valence-corrected chi connectivity index (χ4v) is 2.95. The first-order valence-electron chi connectivity index (χ1n) is 6.70. The Kier molecular flexibility index (Phi) is 4.23. The van der Waals surface area contributed by atoms with Crippen molar-refractivity contribution in [2.45, 2.75) is 46.1 Å². The summed E-state index contributed by atoms with van der Waals surface area (Å²) in [4.78, 5) is 0. The molecule has 0 heterocycles. The molecule has 1 aromatic carbocycles. The van der Waals surface area contributed by atoms with Crippen molar-refractivity contribution in [2.24, 2.45) is 5.92 Å². The standard InChI is InChI=1S/C15H22N2S/c1-10-7-8-13(9-10)16-15(18)17-14-11(2)5-4-6-12(14)3/h4-6,10,13H,7-9H2,1-3H3,(H2,16,17,18). The summed E-state index contributed by atoms with van der Waals surface area (Å²) in [7, 11) is 0. The first-order chi connectivity index (χ1) is 8.56.